The number of rotatable bonds is 4. The molecule has 0 radical (unpaired) electrons. The molecule has 3 aliphatic heterocycles. The quantitative estimate of drug-likeness (QED) is 0.487. The second-order valence-corrected chi connectivity index (χ2v) is 8.95. The minimum absolute atomic E-state index is 0.101. The van der Waals surface area contributed by atoms with Gasteiger partial charge in [-0.25, -0.2) is 12.7 Å². The zero-order valence-corrected chi connectivity index (χ0v) is 16.2. The molecule has 3 heterocycles. The molecular weight excluding hydrogens is 358 g/mol. The molecule has 0 saturated carbocycles. The summed E-state index contributed by atoms with van der Waals surface area (Å²) in [5, 5.41) is 3.24. The highest BCUT2D eigenvalue weighted by Gasteiger charge is 2.31. The zero-order chi connectivity index (χ0) is 18.6. The van der Waals surface area contributed by atoms with Crippen LogP contribution in [0.5, 0.6) is 0 Å². The SMILES string of the molecule is CN=C(NCCN1CCCS1(=O)=O)N1CCN(C(=O)C2CCCO2)CC1. The number of ether oxygens (including phenoxy) is 1. The molecule has 9 nitrogen and oxygen atoms in total. The Morgan fingerprint density at radius 2 is 1.88 bits per heavy atom. The summed E-state index contributed by atoms with van der Waals surface area (Å²) in [6.07, 6.45) is 2.22. The molecule has 3 rings (SSSR count). The number of nitrogens with zero attached hydrogens (tertiary/aromatic N) is 4. The van der Waals surface area contributed by atoms with Crippen molar-refractivity contribution in [1.82, 2.24) is 19.4 Å². The van der Waals surface area contributed by atoms with E-state index in [0.29, 0.717) is 58.8 Å². The van der Waals surface area contributed by atoms with Gasteiger partial charge in [0.05, 0.1) is 5.75 Å². The first-order valence-corrected chi connectivity index (χ1v) is 11.0. The fourth-order valence-corrected chi connectivity index (χ4v) is 5.21. The third-order valence-corrected chi connectivity index (χ3v) is 7.11. The lowest BCUT2D eigenvalue weighted by molar-refractivity contribution is -0.142. The second-order valence-electron chi connectivity index (χ2n) is 6.86. The Labute approximate surface area is 155 Å². The summed E-state index contributed by atoms with van der Waals surface area (Å²) in [6.45, 7) is 4.99. The van der Waals surface area contributed by atoms with Gasteiger partial charge in [0.1, 0.15) is 6.10 Å². The average molecular weight is 388 g/mol. The number of aliphatic imine (C=N–C) groups is 1. The molecule has 0 aliphatic carbocycles. The van der Waals surface area contributed by atoms with Crippen molar-refractivity contribution < 1.29 is 17.9 Å². The van der Waals surface area contributed by atoms with Gasteiger partial charge in [-0.05, 0) is 19.3 Å². The first kappa shape index (κ1) is 19.4. The Morgan fingerprint density at radius 1 is 1.15 bits per heavy atom. The summed E-state index contributed by atoms with van der Waals surface area (Å²) in [7, 11) is -1.34. The summed E-state index contributed by atoms with van der Waals surface area (Å²) in [4.78, 5) is 20.7. The fraction of sp³-hybridized carbons (Fsp3) is 0.875. The maximum atomic E-state index is 12.4. The largest absolute Gasteiger partial charge is 0.368 e. The first-order valence-electron chi connectivity index (χ1n) is 9.35. The lowest BCUT2D eigenvalue weighted by Crippen LogP contribution is -2.55. The summed E-state index contributed by atoms with van der Waals surface area (Å²) < 4.78 is 30.7. The maximum absolute atomic E-state index is 12.4. The Kier molecular flexibility index (Phi) is 6.36. The number of carbonyl (C=O) groups excluding carboxylic acids is 1. The van der Waals surface area contributed by atoms with E-state index in [0.717, 1.165) is 18.8 Å². The van der Waals surface area contributed by atoms with Gasteiger partial charge in [-0.15, -0.1) is 0 Å². The number of hydrogen-bond donors (Lipinski definition) is 1. The fourth-order valence-electron chi connectivity index (χ4n) is 3.68. The van der Waals surface area contributed by atoms with Gasteiger partial charge in [0.15, 0.2) is 5.96 Å². The molecule has 1 atom stereocenters. The Balaban J connectivity index is 1.43. The van der Waals surface area contributed by atoms with Crippen LogP contribution in [0.3, 0.4) is 0 Å². The minimum Gasteiger partial charge on any atom is -0.368 e. The van der Waals surface area contributed by atoms with Crippen LogP contribution in [0, 0.1) is 0 Å². The van der Waals surface area contributed by atoms with Crippen molar-refractivity contribution in [3.63, 3.8) is 0 Å². The van der Waals surface area contributed by atoms with Crippen LogP contribution in [-0.2, 0) is 19.6 Å². The van der Waals surface area contributed by atoms with Gasteiger partial charge >= 0.3 is 0 Å². The third-order valence-electron chi connectivity index (χ3n) is 5.16. The van der Waals surface area contributed by atoms with Crippen LogP contribution in [0.15, 0.2) is 4.99 Å². The lowest BCUT2D eigenvalue weighted by atomic mass is 10.2. The molecule has 0 spiro atoms. The van der Waals surface area contributed by atoms with E-state index in [1.807, 2.05) is 4.90 Å². The van der Waals surface area contributed by atoms with Gasteiger partial charge in [0, 0.05) is 59.5 Å². The number of piperazine rings is 1. The molecule has 1 N–H and O–H groups in total. The van der Waals surface area contributed by atoms with E-state index in [1.165, 1.54) is 4.31 Å². The third kappa shape index (κ3) is 4.47. The van der Waals surface area contributed by atoms with Crippen molar-refractivity contribution in [3.05, 3.63) is 0 Å². The molecule has 10 heteroatoms. The molecule has 1 unspecified atom stereocenters. The van der Waals surface area contributed by atoms with Gasteiger partial charge < -0.3 is 19.9 Å². The molecule has 3 fully saturated rings. The predicted octanol–water partition coefficient (Wildman–Crippen LogP) is -1.08. The van der Waals surface area contributed by atoms with Crippen LogP contribution in [-0.4, -0.2) is 106 Å². The monoisotopic (exact) mass is 387 g/mol. The van der Waals surface area contributed by atoms with Crippen LogP contribution >= 0.6 is 0 Å². The maximum Gasteiger partial charge on any atom is 0.251 e. The van der Waals surface area contributed by atoms with Crippen LogP contribution in [0.4, 0.5) is 0 Å². The van der Waals surface area contributed by atoms with Crippen LogP contribution in [0.25, 0.3) is 0 Å². The van der Waals surface area contributed by atoms with E-state index in [1.54, 1.807) is 7.05 Å². The molecule has 3 aliphatic rings. The molecule has 148 valence electrons. The van der Waals surface area contributed by atoms with Crippen molar-refractivity contribution >= 4 is 21.9 Å². The average Bonchev–Trinajstić information content (AvgIpc) is 3.28. The van der Waals surface area contributed by atoms with Crippen LogP contribution < -0.4 is 5.32 Å². The zero-order valence-electron chi connectivity index (χ0n) is 15.4. The van der Waals surface area contributed by atoms with E-state index in [2.05, 4.69) is 15.2 Å². The summed E-state index contributed by atoms with van der Waals surface area (Å²) in [6, 6.07) is 0. The highest BCUT2D eigenvalue weighted by Crippen LogP contribution is 2.16. The van der Waals surface area contributed by atoms with E-state index >= 15 is 0 Å². The molecule has 3 saturated heterocycles. The van der Waals surface area contributed by atoms with Crippen molar-refractivity contribution in [3.8, 4) is 0 Å². The number of nitrogens with one attached hydrogen (secondary N) is 1. The molecule has 0 aromatic carbocycles. The van der Waals surface area contributed by atoms with Crippen molar-refractivity contribution in [2.75, 3.05) is 65.2 Å². The number of carbonyl (C=O) groups is 1. The molecule has 0 aromatic rings. The van der Waals surface area contributed by atoms with Gasteiger partial charge in [0.25, 0.3) is 5.91 Å². The second kappa shape index (κ2) is 8.53. The summed E-state index contributed by atoms with van der Waals surface area (Å²) >= 11 is 0. The lowest BCUT2D eigenvalue weighted by Gasteiger charge is -2.37. The molecule has 1 amide bonds. The first-order chi connectivity index (χ1) is 12.5. The van der Waals surface area contributed by atoms with E-state index in [4.69, 9.17) is 4.74 Å². The highest BCUT2D eigenvalue weighted by molar-refractivity contribution is 7.89. The number of amides is 1. The molecule has 0 bridgehead atoms. The standard InChI is InChI=1S/C16H29N5O4S/c1-17-16(18-5-7-21-6-3-13-26(21,23)24)20-10-8-19(9-11-20)15(22)14-4-2-12-25-14/h14H,2-13H2,1H3,(H,17,18). The minimum atomic E-state index is -3.06. The summed E-state index contributed by atoms with van der Waals surface area (Å²) in [5.41, 5.74) is 0. The van der Waals surface area contributed by atoms with Crippen molar-refractivity contribution in [1.29, 1.82) is 0 Å². The van der Waals surface area contributed by atoms with E-state index in [9.17, 15) is 13.2 Å². The topological polar surface area (TPSA) is 94.5 Å². The van der Waals surface area contributed by atoms with Crippen LogP contribution in [0.2, 0.25) is 0 Å². The van der Waals surface area contributed by atoms with Crippen molar-refractivity contribution in [2.45, 2.75) is 25.4 Å². The Morgan fingerprint density at radius 3 is 2.46 bits per heavy atom. The smallest absolute Gasteiger partial charge is 0.251 e. The van der Waals surface area contributed by atoms with Gasteiger partial charge in [-0.2, -0.15) is 0 Å². The molecule has 26 heavy (non-hydrogen) atoms. The number of guanidine groups is 1. The van der Waals surface area contributed by atoms with E-state index in [-0.39, 0.29) is 17.8 Å². The predicted molar refractivity (Wildman–Crippen MR) is 98.5 cm³/mol. The van der Waals surface area contributed by atoms with Crippen molar-refractivity contribution in [2.24, 2.45) is 4.99 Å². The summed E-state index contributed by atoms with van der Waals surface area (Å²) in [5.74, 6) is 1.11. The molecule has 0 aromatic heterocycles. The van der Waals surface area contributed by atoms with Gasteiger partial charge in [-0.1, -0.05) is 0 Å². The van der Waals surface area contributed by atoms with Gasteiger partial charge in [-0.3, -0.25) is 9.79 Å². The molecular formula is C16H29N5O4S. The number of hydrogen-bond acceptors (Lipinski definition) is 5. The van der Waals surface area contributed by atoms with Crippen LogP contribution in [0.1, 0.15) is 19.3 Å². The Bertz CT molecular complexity index is 625. The van der Waals surface area contributed by atoms with E-state index < -0.39 is 10.0 Å². The highest BCUT2D eigenvalue weighted by atomic mass is 32.2. The normalized spacial score (nSPS) is 27.1. The van der Waals surface area contributed by atoms with Gasteiger partial charge in [0.2, 0.25) is 10.0 Å². The number of sulfonamides is 1. The Hall–Kier alpha value is -1.39.